The zero-order chi connectivity index (χ0) is 8.97. The molecule has 0 radical (unpaired) electrons. The van der Waals surface area contributed by atoms with E-state index in [4.69, 9.17) is 5.26 Å². The Kier molecular flexibility index (Phi) is 2.82. The van der Waals surface area contributed by atoms with Crippen molar-refractivity contribution in [2.24, 2.45) is 0 Å². The Morgan fingerprint density at radius 2 is 2.67 bits per heavy atom. The van der Waals surface area contributed by atoms with E-state index in [2.05, 4.69) is 14.9 Å². The van der Waals surface area contributed by atoms with Crippen molar-refractivity contribution in [1.29, 1.82) is 5.26 Å². The summed E-state index contributed by atoms with van der Waals surface area (Å²) < 4.78 is 13.6. The van der Waals surface area contributed by atoms with Gasteiger partial charge >= 0.3 is 0 Å². The largest absolute Gasteiger partial charge is 0.289 e. The van der Waals surface area contributed by atoms with Gasteiger partial charge in [0, 0.05) is 5.75 Å². The smallest absolute Gasteiger partial charge is 0.151 e. The van der Waals surface area contributed by atoms with Crippen LogP contribution in [0, 0.1) is 11.3 Å². The third-order valence-corrected chi connectivity index (χ3v) is 2.19. The summed E-state index contributed by atoms with van der Waals surface area (Å²) in [5.41, 5.74) is 0.372. The van der Waals surface area contributed by atoms with Crippen LogP contribution in [0.4, 0.5) is 5.82 Å². The van der Waals surface area contributed by atoms with Crippen LogP contribution in [0.1, 0.15) is 12.5 Å². The Morgan fingerprint density at radius 3 is 3.25 bits per heavy atom. The van der Waals surface area contributed by atoms with Gasteiger partial charge in [-0.15, -0.1) is 0 Å². The zero-order valence-electron chi connectivity index (χ0n) is 6.50. The lowest BCUT2D eigenvalue weighted by Gasteiger charge is -1.99. The van der Waals surface area contributed by atoms with Crippen molar-refractivity contribution in [2.75, 3.05) is 10.5 Å². The van der Waals surface area contributed by atoms with Crippen molar-refractivity contribution in [1.82, 2.24) is 10.2 Å². The number of nitriles is 1. The lowest BCUT2D eigenvalue weighted by Crippen LogP contribution is -2.07. The number of hydrogen-bond donors (Lipinski definition) is 2. The van der Waals surface area contributed by atoms with E-state index in [9.17, 15) is 4.21 Å². The number of rotatable bonds is 3. The highest BCUT2D eigenvalue weighted by Crippen LogP contribution is 2.09. The summed E-state index contributed by atoms with van der Waals surface area (Å²) in [6, 6.07) is 1.91. The molecule has 0 aliphatic heterocycles. The van der Waals surface area contributed by atoms with Crippen LogP contribution in [-0.2, 0) is 11.0 Å². The van der Waals surface area contributed by atoms with Crippen LogP contribution in [0.2, 0.25) is 0 Å². The lowest BCUT2D eigenvalue weighted by molar-refractivity contribution is 0.687. The first-order chi connectivity index (χ1) is 5.77. The summed E-state index contributed by atoms with van der Waals surface area (Å²) in [6.07, 6.45) is 1.38. The average molecular weight is 184 g/mol. The maximum Gasteiger partial charge on any atom is 0.151 e. The Morgan fingerprint density at radius 1 is 1.92 bits per heavy atom. The van der Waals surface area contributed by atoms with Gasteiger partial charge in [0.25, 0.3) is 0 Å². The van der Waals surface area contributed by atoms with E-state index in [-0.39, 0.29) is 0 Å². The first-order valence-corrected chi connectivity index (χ1v) is 4.68. The molecule has 1 aromatic heterocycles. The van der Waals surface area contributed by atoms with Crippen molar-refractivity contribution in [3.8, 4) is 6.07 Å². The number of anilines is 1. The fourth-order valence-electron chi connectivity index (χ4n) is 0.635. The Labute approximate surface area is 72.4 Å². The van der Waals surface area contributed by atoms with Gasteiger partial charge < -0.3 is 0 Å². The molecule has 2 N–H and O–H groups in total. The molecule has 0 saturated carbocycles. The van der Waals surface area contributed by atoms with Crippen molar-refractivity contribution >= 4 is 16.8 Å². The number of aromatic nitrogens is 2. The Balaban J connectivity index is 2.76. The van der Waals surface area contributed by atoms with E-state index in [1.165, 1.54) is 6.20 Å². The number of hydrogen-bond acceptors (Lipinski definition) is 3. The summed E-state index contributed by atoms with van der Waals surface area (Å²) in [7, 11) is -1.14. The van der Waals surface area contributed by atoms with Crippen LogP contribution in [0.15, 0.2) is 6.20 Å². The van der Waals surface area contributed by atoms with Gasteiger partial charge in [0.1, 0.15) is 22.6 Å². The highest BCUT2D eigenvalue weighted by atomic mass is 32.2. The molecule has 5 nitrogen and oxygen atoms in total. The molecule has 1 aromatic rings. The molecule has 0 saturated heterocycles. The zero-order valence-corrected chi connectivity index (χ0v) is 7.31. The monoisotopic (exact) mass is 184 g/mol. The molecule has 64 valence electrons. The minimum atomic E-state index is -1.14. The van der Waals surface area contributed by atoms with Gasteiger partial charge in [-0.2, -0.15) is 10.4 Å². The predicted octanol–water partition coefficient (Wildman–Crippen LogP) is 0.377. The minimum Gasteiger partial charge on any atom is -0.289 e. The third kappa shape index (κ3) is 1.83. The predicted molar refractivity (Wildman–Crippen MR) is 45.6 cm³/mol. The van der Waals surface area contributed by atoms with Crippen LogP contribution in [0.5, 0.6) is 0 Å². The second-order valence-electron chi connectivity index (χ2n) is 2.01. The van der Waals surface area contributed by atoms with E-state index < -0.39 is 11.0 Å². The summed E-state index contributed by atoms with van der Waals surface area (Å²) in [5.74, 6) is 0.904. The number of aromatic amines is 1. The second-order valence-corrected chi connectivity index (χ2v) is 3.48. The molecule has 1 heterocycles. The summed E-state index contributed by atoms with van der Waals surface area (Å²) >= 11 is 0. The maximum absolute atomic E-state index is 11.0. The molecule has 0 fully saturated rings. The number of nitrogens with one attached hydrogen (secondary N) is 2. The first-order valence-electron chi connectivity index (χ1n) is 3.36. The molecule has 0 aromatic carbocycles. The lowest BCUT2D eigenvalue weighted by atomic mass is 10.4. The molecule has 1 atom stereocenters. The third-order valence-electron chi connectivity index (χ3n) is 1.24. The van der Waals surface area contributed by atoms with Gasteiger partial charge in [0.2, 0.25) is 0 Å². The van der Waals surface area contributed by atoms with Crippen LogP contribution in [0.3, 0.4) is 0 Å². The fraction of sp³-hybridized carbons (Fsp3) is 0.333. The Hall–Kier alpha value is -1.35. The highest BCUT2D eigenvalue weighted by Gasteiger charge is 2.04. The van der Waals surface area contributed by atoms with E-state index >= 15 is 0 Å². The molecular formula is C6H8N4OS. The Bertz CT molecular complexity index is 327. The molecule has 0 bridgehead atoms. The maximum atomic E-state index is 11.0. The topological polar surface area (TPSA) is 81.6 Å². The minimum absolute atomic E-state index is 0.372. The molecule has 1 rings (SSSR count). The SMILES string of the molecule is CCS(=O)Nc1[nH]ncc1C#N. The van der Waals surface area contributed by atoms with Gasteiger partial charge in [-0.3, -0.25) is 9.82 Å². The van der Waals surface area contributed by atoms with Gasteiger partial charge in [0.05, 0.1) is 6.20 Å². The average Bonchev–Trinajstić information content (AvgIpc) is 2.51. The van der Waals surface area contributed by atoms with Crippen LogP contribution >= 0.6 is 0 Å². The second kappa shape index (κ2) is 3.88. The van der Waals surface area contributed by atoms with E-state index in [0.29, 0.717) is 17.1 Å². The van der Waals surface area contributed by atoms with Gasteiger partial charge in [-0.25, -0.2) is 4.21 Å². The van der Waals surface area contributed by atoms with Crippen molar-refractivity contribution in [3.05, 3.63) is 11.8 Å². The van der Waals surface area contributed by atoms with Crippen molar-refractivity contribution in [2.45, 2.75) is 6.92 Å². The molecular weight excluding hydrogens is 176 g/mol. The van der Waals surface area contributed by atoms with Crippen molar-refractivity contribution < 1.29 is 4.21 Å². The number of H-pyrrole nitrogens is 1. The number of nitrogens with zero attached hydrogens (tertiary/aromatic N) is 2. The molecule has 0 spiro atoms. The van der Waals surface area contributed by atoms with Gasteiger partial charge in [-0.05, 0) is 0 Å². The molecule has 0 amide bonds. The highest BCUT2D eigenvalue weighted by molar-refractivity contribution is 7.86. The van der Waals surface area contributed by atoms with Crippen LogP contribution in [0.25, 0.3) is 0 Å². The van der Waals surface area contributed by atoms with E-state index in [0.717, 1.165) is 0 Å². The van der Waals surface area contributed by atoms with E-state index in [1.807, 2.05) is 6.07 Å². The summed E-state index contributed by atoms with van der Waals surface area (Å²) in [4.78, 5) is 0. The quantitative estimate of drug-likeness (QED) is 0.712. The molecule has 0 aliphatic rings. The summed E-state index contributed by atoms with van der Waals surface area (Å²) in [5, 5.41) is 14.7. The molecule has 0 aliphatic carbocycles. The van der Waals surface area contributed by atoms with Crippen LogP contribution in [-0.4, -0.2) is 20.2 Å². The van der Waals surface area contributed by atoms with Crippen LogP contribution < -0.4 is 4.72 Å². The van der Waals surface area contributed by atoms with Crippen molar-refractivity contribution in [3.63, 3.8) is 0 Å². The summed E-state index contributed by atoms with van der Waals surface area (Å²) in [6.45, 7) is 1.78. The molecule has 1 unspecified atom stereocenters. The van der Waals surface area contributed by atoms with Gasteiger partial charge in [0.15, 0.2) is 5.82 Å². The standard InChI is InChI=1S/C6H8N4OS/c1-2-12(11)10-6-5(3-7)4-8-9-6/h4H,2H2,1H3,(H2,8,9,10). The van der Waals surface area contributed by atoms with Gasteiger partial charge in [-0.1, -0.05) is 6.92 Å². The molecule has 6 heteroatoms. The molecule has 12 heavy (non-hydrogen) atoms. The first kappa shape index (κ1) is 8.74. The fourth-order valence-corrected chi connectivity index (χ4v) is 1.16. The normalized spacial score (nSPS) is 12.0. The van der Waals surface area contributed by atoms with E-state index in [1.54, 1.807) is 6.92 Å².